The third kappa shape index (κ3) is 5.99. The Kier molecular flexibility index (Phi) is 6.74. The van der Waals surface area contributed by atoms with E-state index in [1.54, 1.807) is 0 Å². The van der Waals surface area contributed by atoms with E-state index in [0.717, 1.165) is 23.7 Å². The predicted octanol–water partition coefficient (Wildman–Crippen LogP) is 1.04. The van der Waals surface area contributed by atoms with Crippen molar-refractivity contribution in [3.05, 3.63) is 0 Å². The molecule has 1 unspecified atom stereocenters. The van der Waals surface area contributed by atoms with Crippen LogP contribution in [-0.4, -0.2) is 44.7 Å². The highest BCUT2D eigenvalue weighted by molar-refractivity contribution is 7.99. The van der Waals surface area contributed by atoms with Crippen LogP contribution in [0.5, 0.6) is 0 Å². The molecule has 0 aliphatic rings. The van der Waals surface area contributed by atoms with Crippen molar-refractivity contribution in [1.82, 2.24) is 14.7 Å². The molecule has 1 heterocycles. The Morgan fingerprint density at radius 3 is 2.89 bits per heavy atom. The number of carbonyl (C=O) groups excluding carboxylic acids is 1. The van der Waals surface area contributed by atoms with Crippen LogP contribution in [0.4, 0.5) is 5.13 Å². The molecule has 3 N–H and O–H groups in total. The lowest BCUT2D eigenvalue weighted by Crippen LogP contribution is -2.39. The fraction of sp³-hybridized carbons (Fsp3) is 0.600. The van der Waals surface area contributed by atoms with Crippen LogP contribution < -0.4 is 10.6 Å². The van der Waals surface area contributed by atoms with Crippen molar-refractivity contribution >= 4 is 40.3 Å². The number of thioether (sulfide) groups is 1. The van der Waals surface area contributed by atoms with Gasteiger partial charge in [0.1, 0.15) is 6.04 Å². The van der Waals surface area contributed by atoms with Crippen LogP contribution in [-0.2, 0) is 9.59 Å². The maximum atomic E-state index is 11.5. The number of carboxylic acid groups (broad SMARTS) is 1. The first-order chi connectivity index (χ1) is 9.02. The summed E-state index contributed by atoms with van der Waals surface area (Å²) >= 11 is 2.64. The van der Waals surface area contributed by atoms with Crippen LogP contribution in [0, 0.1) is 0 Å². The molecule has 1 rings (SSSR count). The summed E-state index contributed by atoms with van der Waals surface area (Å²) in [6.07, 6.45) is 1.03. The van der Waals surface area contributed by atoms with E-state index in [4.69, 9.17) is 5.11 Å². The van der Waals surface area contributed by atoms with E-state index in [-0.39, 0.29) is 12.5 Å². The van der Waals surface area contributed by atoms with Gasteiger partial charge in [0.25, 0.3) is 0 Å². The third-order valence-corrected chi connectivity index (χ3v) is 3.83. The van der Waals surface area contributed by atoms with Gasteiger partial charge >= 0.3 is 5.97 Å². The van der Waals surface area contributed by atoms with Crippen LogP contribution in [0.1, 0.15) is 20.3 Å². The Hall–Kier alpha value is -1.19. The Labute approximate surface area is 119 Å². The summed E-state index contributed by atoms with van der Waals surface area (Å²) in [6, 6.07) is -0.768. The minimum Gasteiger partial charge on any atom is -0.480 e. The molecule has 0 saturated carbocycles. The highest BCUT2D eigenvalue weighted by Gasteiger charge is 2.13. The molecule has 1 aromatic heterocycles. The van der Waals surface area contributed by atoms with Crippen LogP contribution in [0.25, 0.3) is 0 Å². The number of hydrogen-bond donors (Lipinski definition) is 3. The summed E-state index contributed by atoms with van der Waals surface area (Å²) in [7, 11) is 0. The molecule has 0 aliphatic carbocycles. The Morgan fingerprint density at radius 1 is 1.53 bits per heavy atom. The van der Waals surface area contributed by atoms with Gasteiger partial charge in [0.15, 0.2) is 0 Å². The number of aromatic nitrogens is 2. The van der Waals surface area contributed by atoms with Crippen molar-refractivity contribution in [2.45, 2.75) is 31.5 Å². The summed E-state index contributed by atoms with van der Waals surface area (Å²) in [4.78, 5) is 26.2. The van der Waals surface area contributed by atoms with E-state index in [1.807, 2.05) is 0 Å². The molecule has 0 spiro atoms. The van der Waals surface area contributed by atoms with E-state index < -0.39 is 12.0 Å². The van der Waals surface area contributed by atoms with Crippen LogP contribution in [0.2, 0.25) is 0 Å². The molecule has 0 bridgehead atoms. The molecule has 7 nitrogen and oxygen atoms in total. The van der Waals surface area contributed by atoms with Gasteiger partial charge in [0, 0.05) is 17.3 Å². The predicted molar refractivity (Wildman–Crippen MR) is 74.7 cm³/mol. The number of hydrogen-bond acceptors (Lipinski definition) is 7. The average molecular weight is 304 g/mol. The topological polar surface area (TPSA) is 104 Å². The van der Waals surface area contributed by atoms with Crippen LogP contribution in [0.15, 0.2) is 5.16 Å². The van der Waals surface area contributed by atoms with Gasteiger partial charge < -0.3 is 5.11 Å². The highest BCUT2D eigenvalue weighted by Crippen LogP contribution is 2.20. The van der Waals surface area contributed by atoms with Gasteiger partial charge in [-0.2, -0.15) is 9.36 Å². The molecule has 19 heavy (non-hydrogen) atoms. The normalized spacial score (nSPS) is 12.1. The maximum Gasteiger partial charge on any atom is 0.320 e. The van der Waals surface area contributed by atoms with Gasteiger partial charge in [-0.15, -0.1) is 0 Å². The van der Waals surface area contributed by atoms with Gasteiger partial charge in [-0.3, -0.25) is 20.2 Å². The number of carboxylic acids is 1. The maximum absolute atomic E-state index is 11.5. The molecule has 0 aromatic carbocycles. The number of anilines is 1. The number of nitrogens with zero attached hydrogens (tertiary/aromatic N) is 2. The molecule has 0 radical (unpaired) electrons. The summed E-state index contributed by atoms with van der Waals surface area (Å²) in [6.45, 7) is 3.46. The molecule has 106 valence electrons. The van der Waals surface area contributed by atoms with Gasteiger partial charge in [-0.05, 0) is 13.3 Å². The van der Waals surface area contributed by atoms with Gasteiger partial charge in [0.2, 0.25) is 16.2 Å². The van der Waals surface area contributed by atoms with E-state index in [1.165, 1.54) is 18.7 Å². The van der Waals surface area contributed by atoms with E-state index >= 15 is 0 Å². The minimum absolute atomic E-state index is 0.0789. The van der Waals surface area contributed by atoms with Gasteiger partial charge in [-0.1, -0.05) is 18.7 Å². The number of carbonyl (C=O) groups is 2. The van der Waals surface area contributed by atoms with Crippen LogP contribution in [0.3, 0.4) is 0 Å². The monoisotopic (exact) mass is 304 g/mol. The molecular weight excluding hydrogens is 288 g/mol. The Morgan fingerprint density at radius 2 is 2.26 bits per heavy atom. The Balaban J connectivity index is 2.35. The lowest BCUT2D eigenvalue weighted by Gasteiger charge is -2.07. The van der Waals surface area contributed by atoms with Crippen molar-refractivity contribution in [2.75, 3.05) is 17.6 Å². The molecule has 0 aliphatic heterocycles. The zero-order valence-corrected chi connectivity index (χ0v) is 12.3. The summed E-state index contributed by atoms with van der Waals surface area (Å²) < 4.78 is 4.09. The van der Waals surface area contributed by atoms with Gasteiger partial charge in [-0.25, -0.2) is 0 Å². The van der Waals surface area contributed by atoms with Crippen molar-refractivity contribution < 1.29 is 14.7 Å². The quantitative estimate of drug-likeness (QED) is 0.616. The fourth-order valence-corrected chi connectivity index (χ4v) is 2.42. The van der Waals surface area contributed by atoms with Crippen molar-refractivity contribution in [1.29, 1.82) is 0 Å². The Bertz CT molecular complexity index is 438. The molecule has 0 saturated heterocycles. The summed E-state index contributed by atoms with van der Waals surface area (Å²) in [5.74, 6) is -0.403. The SMILES string of the molecule is CCCSc1nsc(NC(=O)CNC(C)C(=O)O)n1. The lowest BCUT2D eigenvalue weighted by atomic mass is 10.3. The molecular formula is C10H16N4O3S2. The summed E-state index contributed by atoms with van der Waals surface area (Å²) in [5.41, 5.74) is 0. The minimum atomic E-state index is -0.998. The molecule has 1 aromatic rings. The number of amides is 1. The molecule has 9 heteroatoms. The second-order valence-electron chi connectivity index (χ2n) is 3.72. The first kappa shape index (κ1) is 15.9. The smallest absolute Gasteiger partial charge is 0.320 e. The molecule has 0 fully saturated rings. The lowest BCUT2D eigenvalue weighted by molar-refractivity contribution is -0.139. The first-order valence-corrected chi connectivity index (χ1v) is 7.51. The van der Waals surface area contributed by atoms with Crippen molar-refractivity contribution in [2.24, 2.45) is 0 Å². The summed E-state index contributed by atoms with van der Waals surface area (Å²) in [5, 5.41) is 14.9. The molecule has 1 atom stereocenters. The zero-order valence-electron chi connectivity index (χ0n) is 10.7. The zero-order chi connectivity index (χ0) is 14.3. The van der Waals surface area contributed by atoms with Crippen LogP contribution >= 0.6 is 23.3 Å². The number of nitrogens with one attached hydrogen (secondary N) is 2. The highest BCUT2D eigenvalue weighted by atomic mass is 32.2. The first-order valence-electron chi connectivity index (χ1n) is 5.75. The van der Waals surface area contributed by atoms with Crippen molar-refractivity contribution in [3.8, 4) is 0 Å². The number of aliphatic carboxylic acids is 1. The van der Waals surface area contributed by atoms with Crippen molar-refractivity contribution in [3.63, 3.8) is 0 Å². The number of rotatable bonds is 8. The van der Waals surface area contributed by atoms with E-state index in [2.05, 4.69) is 26.9 Å². The second-order valence-corrected chi connectivity index (χ2v) is 5.53. The standard InChI is InChI=1S/C10H16N4O3S2/c1-3-4-18-10-13-9(19-14-10)12-7(15)5-11-6(2)8(16)17/h6,11H,3-5H2,1-2H3,(H,16,17)(H,12,13,14,15). The third-order valence-electron chi connectivity index (χ3n) is 2.03. The second kappa shape index (κ2) is 8.08. The van der Waals surface area contributed by atoms with E-state index in [0.29, 0.717) is 10.3 Å². The van der Waals surface area contributed by atoms with Gasteiger partial charge in [0.05, 0.1) is 6.54 Å². The average Bonchev–Trinajstić information content (AvgIpc) is 2.80. The largest absolute Gasteiger partial charge is 0.480 e. The fourth-order valence-electron chi connectivity index (χ4n) is 1.01. The van der Waals surface area contributed by atoms with E-state index in [9.17, 15) is 9.59 Å². The molecule has 1 amide bonds.